The van der Waals surface area contributed by atoms with Crippen molar-refractivity contribution in [2.75, 3.05) is 5.32 Å². The summed E-state index contributed by atoms with van der Waals surface area (Å²) in [6, 6.07) is 16.2. The summed E-state index contributed by atoms with van der Waals surface area (Å²) in [6.07, 6.45) is 3.09. The fourth-order valence-corrected chi connectivity index (χ4v) is 4.66. The third-order valence-electron chi connectivity index (χ3n) is 6.84. The smallest absolute Gasteiger partial charge is 0.291 e. The van der Waals surface area contributed by atoms with E-state index in [9.17, 15) is 4.79 Å². The lowest BCUT2D eigenvalue weighted by Gasteiger charge is -2.42. The van der Waals surface area contributed by atoms with E-state index in [-0.39, 0.29) is 16.7 Å². The normalized spacial score (nSPS) is 16.6. The van der Waals surface area contributed by atoms with Gasteiger partial charge in [-0.05, 0) is 89.6 Å². The Morgan fingerprint density at radius 2 is 1.61 bits per heavy atom. The molecule has 0 unspecified atom stereocenters. The van der Waals surface area contributed by atoms with Crippen molar-refractivity contribution in [1.82, 2.24) is 0 Å². The quantitative estimate of drug-likeness (QED) is 0.494. The molecule has 0 bridgehead atoms. The Kier molecular flexibility index (Phi) is 5.33. The second-order valence-corrected chi connectivity index (χ2v) is 10.4. The molecule has 0 atom stereocenters. The first-order valence-corrected chi connectivity index (χ1v) is 11.2. The lowest BCUT2D eigenvalue weighted by molar-refractivity contribution is 0.0995. The molecule has 1 aliphatic rings. The molecule has 0 saturated carbocycles. The van der Waals surface area contributed by atoms with Gasteiger partial charge in [-0.25, -0.2) is 0 Å². The van der Waals surface area contributed by atoms with E-state index in [1.807, 2.05) is 37.3 Å². The molecule has 3 aromatic rings. The monoisotopic (exact) mass is 415 g/mol. The zero-order valence-corrected chi connectivity index (χ0v) is 19.6. The molecule has 1 heterocycles. The molecule has 162 valence electrons. The van der Waals surface area contributed by atoms with Gasteiger partial charge < -0.3 is 9.73 Å². The maximum Gasteiger partial charge on any atom is 0.291 e. The molecule has 2 aromatic carbocycles. The number of fused-ring (bicyclic) bond motifs is 1. The van der Waals surface area contributed by atoms with Crippen LogP contribution in [0.2, 0.25) is 0 Å². The first kappa shape index (κ1) is 21.4. The molecular formula is C28H33NO2. The van der Waals surface area contributed by atoms with Gasteiger partial charge in [0.2, 0.25) is 0 Å². The van der Waals surface area contributed by atoms with Gasteiger partial charge in [-0.3, -0.25) is 4.79 Å². The van der Waals surface area contributed by atoms with Gasteiger partial charge in [0, 0.05) is 12.1 Å². The molecular weight excluding hydrogens is 382 g/mol. The second-order valence-electron chi connectivity index (χ2n) is 10.4. The Balaban J connectivity index is 1.57. The van der Waals surface area contributed by atoms with Crippen molar-refractivity contribution >= 4 is 11.6 Å². The molecule has 1 N–H and O–H groups in total. The lowest BCUT2D eigenvalue weighted by Crippen LogP contribution is -2.34. The van der Waals surface area contributed by atoms with Crippen LogP contribution >= 0.6 is 0 Å². The van der Waals surface area contributed by atoms with Gasteiger partial charge in [-0.1, -0.05) is 52.0 Å². The number of amides is 1. The average Bonchev–Trinajstić information content (AvgIpc) is 3.16. The van der Waals surface area contributed by atoms with Crippen molar-refractivity contribution in [1.29, 1.82) is 0 Å². The zero-order valence-electron chi connectivity index (χ0n) is 19.6. The highest BCUT2D eigenvalue weighted by Crippen LogP contribution is 2.46. The van der Waals surface area contributed by atoms with Crippen molar-refractivity contribution in [2.45, 2.75) is 71.6 Å². The Bertz CT molecular complexity index is 1130. The number of hydrogen-bond acceptors (Lipinski definition) is 2. The van der Waals surface area contributed by atoms with Crippen LogP contribution in [0.1, 0.15) is 84.7 Å². The van der Waals surface area contributed by atoms with Crippen molar-refractivity contribution in [3.8, 4) is 0 Å². The number of rotatable bonds is 4. The van der Waals surface area contributed by atoms with Crippen LogP contribution in [0, 0.1) is 13.8 Å². The summed E-state index contributed by atoms with van der Waals surface area (Å²) in [4.78, 5) is 12.6. The van der Waals surface area contributed by atoms with Gasteiger partial charge in [0.15, 0.2) is 5.76 Å². The first-order valence-electron chi connectivity index (χ1n) is 11.2. The molecule has 0 radical (unpaired) electrons. The Labute approximate surface area is 185 Å². The molecule has 31 heavy (non-hydrogen) atoms. The van der Waals surface area contributed by atoms with E-state index in [4.69, 9.17) is 4.42 Å². The second kappa shape index (κ2) is 7.71. The molecule has 0 saturated heterocycles. The average molecular weight is 416 g/mol. The molecule has 1 amide bonds. The van der Waals surface area contributed by atoms with Crippen molar-refractivity contribution in [2.24, 2.45) is 0 Å². The Hall–Kier alpha value is -2.81. The maximum atomic E-state index is 12.6. The van der Waals surface area contributed by atoms with Gasteiger partial charge in [0.1, 0.15) is 5.76 Å². The fourth-order valence-electron chi connectivity index (χ4n) is 4.66. The van der Waals surface area contributed by atoms with E-state index in [0.29, 0.717) is 12.2 Å². The molecule has 4 rings (SSSR count). The molecule has 0 spiro atoms. The molecule has 1 aliphatic carbocycles. The number of hydrogen-bond donors (Lipinski definition) is 1. The van der Waals surface area contributed by atoms with E-state index >= 15 is 0 Å². The van der Waals surface area contributed by atoms with E-state index < -0.39 is 0 Å². The topological polar surface area (TPSA) is 42.2 Å². The molecule has 0 aliphatic heterocycles. The predicted molar refractivity (Wildman–Crippen MR) is 127 cm³/mol. The molecule has 1 aromatic heterocycles. The van der Waals surface area contributed by atoms with E-state index in [0.717, 1.165) is 17.0 Å². The van der Waals surface area contributed by atoms with E-state index in [2.05, 4.69) is 52.1 Å². The summed E-state index contributed by atoms with van der Waals surface area (Å²) in [7, 11) is 0. The maximum absolute atomic E-state index is 12.6. The van der Waals surface area contributed by atoms with Crippen molar-refractivity contribution < 1.29 is 9.21 Å². The lowest BCUT2D eigenvalue weighted by atomic mass is 9.62. The number of furan rings is 1. The summed E-state index contributed by atoms with van der Waals surface area (Å²) in [6.45, 7) is 13.6. The molecule has 3 nitrogen and oxygen atoms in total. The largest absolute Gasteiger partial charge is 0.456 e. The molecule has 0 fully saturated rings. The molecule has 3 heteroatoms. The van der Waals surface area contributed by atoms with Crippen molar-refractivity contribution in [3.05, 3.63) is 87.9 Å². The standard InChI is InChI=1S/C28H33NO2/c1-18-8-7-9-21(14-18)29-26(30)25-11-10-22(31-25)16-20-17-24-23(15-19(20)2)27(3,4)12-13-28(24,5)6/h7-11,14-15,17H,12-13,16H2,1-6H3,(H,29,30). The Morgan fingerprint density at radius 1 is 0.935 bits per heavy atom. The number of carbonyl (C=O) groups excluding carboxylic acids is 1. The van der Waals surface area contributed by atoms with E-state index in [1.165, 1.54) is 35.1 Å². The van der Waals surface area contributed by atoms with Gasteiger partial charge >= 0.3 is 0 Å². The van der Waals surface area contributed by atoms with Crippen LogP contribution in [0.3, 0.4) is 0 Å². The van der Waals surface area contributed by atoms with Crippen molar-refractivity contribution in [3.63, 3.8) is 0 Å². The number of aryl methyl sites for hydroxylation is 2. The van der Waals surface area contributed by atoms with Crippen LogP contribution in [0.25, 0.3) is 0 Å². The zero-order chi connectivity index (χ0) is 22.4. The van der Waals surface area contributed by atoms with Crippen LogP contribution in [-0.2, 0) is 17.3 Å². The summed E-state index contributed by atoms with van der Waals surface area (Å²) in [5, 5.41) is 2.92. The van der Waals surface area contributed by atoms with Crippen LogP contribution < -0.4 is 5.32 Å². The minimum absolute atomic E-state index is 0.176. The third kappa shape index (κ3) is 4.32. The van der Waals surface area contributed by atoms with Gasteiger partial charge in [0.05, 0.1) is 0 Å². The highest BCUT2D eigenvalue weighted by atomic mass is 16.3. The summed E-state index contributed by atoms with van der Waals surface area (Å²) in [5.41, 5.74) is 7.74. The summed E-state index contributed by atoms with van der Waals surface area (Å²) in [5.74, 6) is 0.931. The summed E-state index contributed by atoms with van der Waals surface area (Å²) < 4.78 is 5.93. The highest BCUT2D eigenvalue weighted by Gasteiger charge is 2.37. The van der Waals surface area contributed by atoms with Crippen LogP contribution in [0.15, 0.2) is 52.9 Å². The minimum atomic E-state index is -0.220. The van der Waals surface area contributed by atoms with Crippen LogP contribution in [-0.4, -0.2) is 5.91 Å². The number of carbonyl (C=O) groups is 1. The predicted octanol–water partition coefficient (Wildman–Crippen LogP) is 7.09. The first-order chi connectivity index (χ1) is 14.5. The number of anilines is 1. The third-order valence-corrected chi connectivity index (χ3v) is 6.84. The van der Waals surface area contributed by atoms with Crippen LogP contribution in [0.5, 0.6) is 0 Å². The van der Waals surface area contributed by atoms with Gasteiger partial charge in [-0.2, -0.15) is 0 Å². The fraction of sp³-hybridized carbons (Fsp3) is 0.393. The Morgan fingerprint density at radius 3 is 2.29 bits per heavy atom. The highest BCUT2D eigenvalue weighted by molar-refractivity contribution is 6.02. The van der Waals surface area contributed by atoms with Crippen LogP contribution in [0.4, 0.5) is 5.69 Å². The summed E-state index contributed by atoms with van der Waals surface area (Å²) >= 11 is 0. The number of nitrogens with one attached hydrogen (secondary N) is 1. The number of benzene rings is 2. The van der Waals surface area contributed by atoms with Gasteiger partial charge in [-0.15, -0.1) is 0 Å². The SMILES string of the molecule is Cc1cccc(NC(=O)c2ccc(Cc3cc4c(cc3C)C(C)(C)CCC4(C)C)o2)c1. The van der Waals surface area contributed by atoms with E-state index in [1.54, 1.807) is 6.07 Å². The van der Waals surface area contributed by atoms with Gasteiger partial charge in [0.25, 0.3) is 5.91 Å². The minimum Gasteiger partial charge on any atom is -0.456 e.